The van der Waals surface area contributed by atoms with Crippen LogP contribution in [0.15, 0.2) is 18.3 Å². The third-order valence-corrected chi connectivity index (χ3v) is 2.00. The first-order valence-electron chi connectivity index (χ1n) is 4.84. The van der Waals surface area contributed by atoms with Gasteiger partial charge >= 0.3 is 5.97 Å². The Morgan fingerprint density at radius 2 is 2.27 bits per heavy atom. The van der Waals surface area contributed by atoms with E-state index in [9.17, 15) is 4.79 Å². The van der Waals surface area contributed by atoms with Gasteiger partial charge in [-0.2, -0.15) is 0 Å². The van der Waals surface area contributed by atoms with Crippen LogP contribution < -0.4 is 0 Å². The SMILES string of the molecule is Cc1ncccc1C(=O)OCCN(C)C. The van der Waals surface area contributed by atoms with Gasteiger partial charge in [0.05, 0.1) is 11.3 Å². The largest absolute Gasteiger partial charge is 0.461 e. The van der Waals surface area contributed by atoms with Crippen molar-refractivity contribution in [2.24, 2.45) is 0 Å². The summed E-state index contributed by atoms with van der Waals surface area (Å²) >= 11 is 0. The van der Waals surface area contributed by atoms with E-state index in [0.717, 1.165) is 6.54 Å². The van der Waals surface area contributed by atoms with Gasteiger partial charge in [0.2, 0.25) is 0 Å². The third-order valence-electron chi connectivity index (χ3n) is 2.00. The number of nitrogens with zero attached hydrogens (tertiary/aromatic N) is 2. The van der Waals surface area contributed by atoms with Crippen molar-refractivity contribution in [1.82, 2.24) is 9.88 Å². The van der Waals surface area contributed by atoms with Crippen molar-refractivity contribution >= 4 is 5.97 Å². The second-order valence-electron chi connectivity index (χ2n) is 3.58. The Bertz CT molecular complexity index is 337. The van der Waals surface area contributed by atoms with Gasteiger partial charge in [-0.15, -0.1) is 0 Å². The molecule has 0 aliphatic heterocycles. The maximum Gasteiger partial charge on any atom is 0.340 e. The van der Waals surface area contributed by atoms with E-state index in [4.69, 9.17) is 4.74 Å². The Balaban J connectivity index is 2.51. The number of aromatic nitrogens is 1. The molecule has 0 amide bonds. The second kappa shape index (κ2) is 5.46. The predicted molar refractivity (Wildman–Crippen MR) is 57.8 cm³/mol. The molecule has 0 saturated carbocycles. The average Bonchev–Trinajstić information content (AvgIpc) is 2.17. The Labute approximate surface area is 89.9 Å². The van der Waals surface area contributed by atoms with E-state index in [-0.39, 0.29) is 5.97 Å². The molecule has 0 aliphatic carbocycles. The summed E-state index contributed by atoms with van der Waals surface area (Å²) < 4.78 is 5.10. The average molecular weight is 208 g/mol. The number of hydrogen-bond donors (Lipinski definition) is 0. The monoisotopic (exact) mass is 208 g/mol. The molecule has 1 aromatic heterocycles. The minimum Gasteiger partial charge on any atom is -0.461 e. The van der Waals surface area contributed by atoms with Crippen molar-refractivity contribution in [3.05, 3.63) is 29.6 Å². The van der Waals surface area contributed by atoms with E-state index in [1.54, 1.807) is 25.3 Å². The summed E-state index contributed by atoms with van der Waals surface area (Å²) in [5, 5.41) is 0. The van der Waals surface area contributed by atoms with Gasteiger partial charge in [0, 0.05) is 12.7 Å². The molecule has 0 atom stereocenters. The molecule has 0 aromatic carbocycles. The lowest BCUT2D eigenvalue weighted by atomic mass is 10.2. The van der Waals surface area contributed by atoms with Crippen LogP contribution >= 0.6 is 0 Å². The van der Waals surface area contributed by atoms with Crippen molar-refractivity contribution in [2.75, 3.05) is 27.2 Å². The van der Waals surface area contributed by atoms with Gasteiger partial charge in [-0.05, 0) is 33.2 Å². The minimum absolute atomic E-state index is 0.303. The predicted octanol–water partition coefficient (Wildman–Crippen LogP) is 1.11. The van der Waals surface area contributed by atoms with E-state index in [1.165, 1.54) is 0 Å². The standard InChI is InChI=1S/C11H16N2O2/c1-9-10(5-4-6-12-9)11(14)15-8-7-13(2)3/h4-6H,7-8H2,1-3H3. The first kappa shape index (κ1) is 11.7. The van der Waals surface area contributed by atoms with Crippen molar-refractivity contribution in [1.29, 1.82) is 0 Å². The van der Waals surface area contributed by atoms with Crippen molar-refractivity contribution in [3.63, 3.8) is 0 Å². The van der Waals surface area contributed by atoms with E-state index in [0.29, 0.717) is 17.9 Å². The minimum atomic E-state index is -0.303. The highest BCUT2D eigenvalue weighted by molar-refractivity contribution is 5.90. The zero-order valence-corrected chi connectivity index (χ0v) is 9.36. The fourth-order valence-corrected chi connectivity index (χ4v) is 1.10. The second-order valence-corrected chi connectivity index (χ2v) is 3.58. The lowest BCUT2D eigenvalue weighted by Crippen LogP contribution is -2.20. The summed E-state index contributed by atoms with van der Waals surface area (Å²) in [6.45, 7) is 2.92. The van der Waals surface area contributed by atoms with Gasteiger partial charge < -0.3 is 9.64 Å². The molecule has 1 aromatic rings. The van der Waals surface area contributed by atoms with Gasteiger partial charge in [-0.25, -0.2) is 4.79 Å². The van der Waals surface area contributed by atoms with Gasteiger partial charge in [0.1, 0.15) is 6.61 Å². The topological polar surface area (TPSA) is 42.4 Å². The Hall–Kier alpha value is -1.42. The number of carbonyl (C=O) groups excluding carboxylic acids is 1. The van der Waals surface area contributed by atoms with Crippen LogP contribution in [-0.4, -0.2) is 43.1 Å². The maximum atomic E-state index is 11.6. The fourth-order valence-electron chi connectivity index (χ4n) is 1.10. The van der Waals surface area contributed by atoms with Crippen LogP contribution in [0.25, 0.3) is 0 Å². The van der Waals surface area contributed by atoms with Crippen LogP contribution in [0.2, 0.25) is 0 Å². The van der Waals surface area contributed by atoms with Gasteiger partial charge in [0.25, 0.3) is 0 Å². The van der Waals surface area contributed by atoms with Crippen LogP contribution in [-0.2, 0) is 4.74 Å². The van der Waals surface area contributed by atoms with E-state index < -0.39 is 0 Å². The van der Waals surface area contributed by atoms with Gasteiger partial charge in [-0.1, -0.05) is 0 Å². The highest BCUT2D eigenvalue weighted by Gasteiger charge is 2.09. The number of hydrogen-bond acceptors (Lipinski definition) is 4. The summed E-state index contributed by atoms with van der Waals surface area (Å²) in [7, 11) is 3.87. The number of esters is 1. The fraction of sp³-hybridized carbons (Fsp3) is 0.455. The highest BCUT2D eigenvalue weighted by atomic mass is 16.5. The number of pyridine rings is 1. The lowest BCUT2D eigenvalue weighted by Gasteiger charge is -2.10. The molecule has 4 heteroatoms. The van der Waals surface area contributed by atoms with E-state index in [2.05, 4.69) is 4.98 Å². The number of rotatable bonds is 4. The Morgan fingerprint density at radius 1 is 1.53 bits per heavy atom. The summed E-state index contributed by atoms with van der Waals surface area (Å²) in [5.74, 6) is -0.303. The van der Waals surface area contributed by atoms with Crippen molar-refractivity contribution < 1.29 is 9.53 Å². The molecular formula is C11H16N2O2. The zero-order chi connectivity index (χ0) is 11.3. The Kier molecular flexibility index (Phi) is 4.24. The highest BCUT2D eigenvalue weighted by Crippen LogP contribution is 2.05. The molecule has 0 fully saturated rings. The van der Waals surface area contributed by atoms with Crippen LogP contribution in [0.5, 0.6) is 0 Å². The lowest BCUT2D eigenvalue weighted by molar-refractivity contribution is 0.0480. The smallest absolute Gasteiger partial charge is 0.340 e. The molecule has 0 N–H and O–H groups in total. The first-order chi connectivity index (χ1) is 7.11. The molecule has 0 radical (unpaired) electrons. The molecule has 0 unspecified atom stereocenters. The number of aryl methyl sites for hydroxylation is 1. The van der Waals surface area contributed by atoms with Crippen LogP contribution in [0.3, 0.4) is 0 Å². The van der Waals surface area contributed by atoms with Crippen LogP contribution in [0, 0.1) is 6.92 Å². The van der Waals surface area contributed by atoms with Gasteiger partial charge in [0.15, 0.2) is 0 Å². The summed E-state index contributed by atoms with van der Waals surface area (Å²) in [5.41, 5.74) is 1.24. The number of ether oxygens (including phenoxy) is 1. The maximum absolute atomic E-state index is 11.6. The molecule has 0 aliphatic rings. The van der Waals surface area contributed by atoms with Crippen LogP contribution in [0.1, 0.15) is 16.1 Å². The molecule has 15 heavy (non-hydrogen) atoms. The quantitative estimate of drug-likeness (QED) is 0.695. The van der Waals surface area contributed by atoms with Gasteiger partial charge in [-0.3, -0.25) is 4.98 Å². The molecule has 0 bridgehead atoms. The molecule has 0 spiro atoms. The number of likely N-dealkylation sites (N-methyl/N-ethyl adjacent to an activating group) is 1. The van der Waals surface area contributed by atoms with E-state index in [1.807, 2.05) is 19.0 Å². The Morgan fingerprint density at radius 3 is 2.87 bits per heavy atom. The summed E-state index contributed by atoms with van der Waals surface area (Å²) in [6.07, 6.45) is 1.66. The molecular weight excluding hydrogens is 192 g/mol. The molecule has 4 nitrogen and oxygen atoms in total. The van der Waals surface area contributed by atoms with E-state index >= 15 is 0 Å². The third kappa shape index (κ3) is 3.67. The molecule has 1 rings (SSSR count). The first-order valence-corrected chi connectivity index (χ1v) is 4.84. The molecule has 82 valence electrons. The van der Waals surface area contributed by atoms with Crippen molar-refractivity contribution in [3.8, 4) is 0 Å². The molecule has 0 saturated heterocycles. The normalized spacial score (nSPS) is 10.4. The van der Waals surface area contributed by atoms with Crippen molar-refractivity contribution in [2.45, 2.75) is 6.92 Å². The summed E-state index contributed by atoms with van der Waals surface area (Å²) in [6, 6.07) is 3.45. The zero-order valence-electron chi connectivity index (χ0n) is 9.36. The van der Waals surface area contributed by atoms with Crippen LogP contribution in [0.4, 0.5) is 0 Å². The molecule has 1 heterocycles. The number of carbonyl (C=O) groups is 1. The summed E-state index contributed by atoms with van der Waals surface area (Å²) in [4.78, 5) is 17.6.